The standard InChI is InChI=1S/C14H13F4N3OS/c1-21(7-12-20-11(8-23-12)14(16,17)18)13(22)19-6-9-4-2-3-5-10(9)15/h2-5,8H,6-7H2,1H3,(H,19,22). The Bertz CT molecular complexity index is 687. The smallest absolute Gasteiger partial charge is 0.334 e. The summed E-state index contributed by atoms with van der Waals surface area (Å²) in [7, 11) is 1.42. The maximum absolute atomic E-state index is 13.4. The van der Waals surface area contributed by atoms with Crippen LogP contribution in [-0.4, -0.2) is 23.0 Å². The van der Waals surface area contributed by atoms with Crippen LogP contribution in [0.15, 0.2) is 29.6 Å². The molecule has 9 heteroatoms. The molecule has 1 N–H and O–H groups in total. The largest absolute Gasteiger partial charge is 0.434 e. The minimum atomic E-state index is -4.50. The summed E-state index contributed by atoms with van der Waals surface area (Å²) in [6, 6.07) is 5.46. The molecule has 0 radical (unpaired) electrons. The highest BCUT2D eigenvalue weighted by molar-refractivity contribution is 7.09. The number of aromatic nitrogens is 1. The van der Waals surface area contributed by atoms with Crippen molar-refractivity contribution in [1.82, 2.24) is 15.2 Å². The number of hydrogen-bond acceptors (Lipinski definition) is 3. The normalized spacial score (nSPS) is 11.3. The van der Waals surface area contributed by atoms with Gasteiger partial charge in [-0.2, -0.15) is 13.2 Å². The monoisotopic (exact) mass is 347 g/mol. The topological polar surface area (TPSA) is 45.2 Å². The van der Waals surface area contributed by atoms with Crippen LogP contribution in [-0.2, 0) is 19.3 Å². The van der Waals surface area contributed by atoms with Gasteiger partial charge in [0, 0.05) is 24.5 Å². The molecule has 0 fully saturated rings. The lowest BCUT2D eigenvalue weighted by Crippen LogP contribution is -2.36. The summed E-state index contributed by atoms with van der Waals surface area (Å²) < 4.78 is 50.8. The van der Waals surface area contributed by atoms with Crippen LogP contribution >= 0.6 is 11.3 Å². The lowest BCUT2D eigenvalue weighted by Gasteiger charge is -2.16. The first-order valence-electron chi connectivity index (χ1n) is 6.51. The number of alkyl halides is 3. The molecule has 4 nitrogen and oxygen atoms in total. The van der Waals surface area contributed by atoms with E-state index in [0.717, 1.165) is 16.7 Å². The fourth-order valence-electron chi connectivity index (χ4n) is 1.74. The summed E-state index contributed by atoms with van der Waals surface area (Å²) in [4.78, 5) is 16.5. The number of carbonyl (C=O) groups excluding carboxylic acids is 1. The Morgan fingerprint density at radius 2 is 2.04 bits per heavy atom. The van der Waals surface area contributed by atoms with Crippen molar-refractivity contribution in [2.75, 3.05) is 7.05 Å². The van der Waals surface area contributed by atoms with Gasteiger partial charge in [-0.25, -0.2) is 14.2 Å². The van der Waals surface area contributed by atoms with E-state index in [1.807, 2.05) is 0 Å². The third kappa shape index (κ3) is 4.65. The Morgan fingerprint density at radius 3 is 2.65 bits per heavy atom. The molecule has 0 aliphatic rings. The second-order valence-electron chi connectivity index (χ2n) is 4.73. The number of amides is 2. The van der Waals surface area contributed by atoms with E-state index >= 15 is 0 Å². The fraction of sp³-hybridized carbons (Fsp3) is 0.286. The lowest BCUT2D eigenvalue weighted by atomic mass is 10.2. The summed E-state index contributed by atoms with van der Waals surface area (Å²) in [5.74, 6) is -0.440. The number of halogens is 4. The summed E-state index contributed by atoms with van der Waals surface area (Å²) in [5, 5.41) is 3.57. The van der Waals surface area contributed by atoms with Gasteiger partial charge in [0.25, 0.3) is 0 Å². The van der Waals surface area contributed by atoms with E-state index in [1.54, 1.807) is 6.07 Å². The van der Waals surface area contributed by atoms with Gasteiger partial charge in [0.2, 0.25) is 0 Å². The van der Waals surface area contributed by atoms with E-state index in [4.69, 9.17) is 0 Å². The van der Waals surface area contributed by atoms with E-state index in [0.29, 0.717) is 5.56 Å². The fourth-order valence-corrected chi connectivity index (χ4v) is 2.59. The van der Waals surface area contributed by atoms with Gasteiger partial charge in [-0.05, 0) is 6.07 Å². The molecule has 2 aromatic rings. The third-order valence-electron chi connectivity index (χ3n) is 2.95. The van der Waals surface area contributed by atoms with Crippen molar-refractivity contribution >= 4 is 17.4 Å². The number of thiazole rings is 1. The number of nitrogens with one attached hydrogen (secondary N) is 1. The minimum Gasteiger partial charge on any atom is -0.334 e. The van der Waals surface area contributed by atoms with Crippen LogP contribution in [0.2, 0.25) is 0 Å². The number of urea groups is 1. The molecule has 0 saturated heterocycles. The molecular formula is C14H13F4N3OS. The van der Waals surface area contributed by atoms with Gasteiger partial charge in [0.15, 0.2) is 5.69 Å². The summed E-state index contributed by atoms with van der Waals surface area (Å²) in [5.41, 5.74) is -0.652. The van der Waals surface area contributed by atoms with Crippen LogP contribution in [0.4, 0.5) is 22.4 Å². The van der Waals surface area contributed by atoms with E-state index in [-0.39, 0.29) is 18.1 Å². The molecule has 23 heavy (non-hydrogen) atoms. The molecular weight excluding hydrogens is 334 g/mol. The van der Waals surface area contributed by atoms with Gasteiger partial charge < -0.3 is 10.2 Å². The molecule has 124 valence electrons. The molecule has 0 saturated carbocycles. The van der Waals surface area contributed by atoms with Gasteiger partial charge in [0.05, 0.1) is 6.54 Å². The quantitative estimate of drug-likeness (QED) is 0.858. The Hall–Kier alpha value is -2.16. The van der Waals surface area contributed by atoms with Crippen LogP contribution in [0.1, 0.15) is 16.3 Å². The number of benzene rings is 1. The summed E-state index contributed by atoms with van der Waals surface area (Å²) >= 11 is 0.826. The number of nitrogens with zero attached hydrogens (tertiary/aromatic N) is 2. The first kappa shape index (κ1) is 17.2. The molecule has 2 amide bonds. The van der Waals surface area contributed by atoms with Crippen LogP contribution in [0, 0.1) is 5.82 Å². The Morgan fingerprint density at radius 1 is 1.35 bits per heavy atom. The molecule has 0 atom stereocenters. The van der Waals surface area contributed by atoms with Crippen molar-refractivity contribution in [1.29, 1.82) is 0 Å². The predicted octanol–water partition coefficient (Wildman–Crippen LogP) is 3.64. The molecule has 1 aromatic carbocycles. The van der Waals surface area contributed by atoms with Gasteiger partial charge in [0.1, 0.15) is 10.8 Å². The zero-order valence-electron chi connectivity index (χ0n) is 12.0. The van der Waals surface area contributed by atoms with Crippen LogP contribution in [0.25, 0.3) is 0 Å². The van der Waals surface area contributed by atoms with Crippen molar-refractivity contribution in [2.24, 2.45) is 0 Å². The van der Waals surface area contributed by atoms with E-state index in [1.165, 1.54) is 30.1 Å². The minimum absolute atomic E-state index is 0.0124. The zero-order valence-corrected chi connectivity index (χ0v) is 12.8. The number of carbonyl (C=O) groups is 1. The van der Waals surface area contributed by atoms with Gasteiger partial charge in [-0.15, -0.1) is 11.3 Å². The van der Waals surface area contributed by atoms with Crippen molar-refractivity contribution in [3.05, 3.63) is 51.7 Å². The third-order valence-corrected chi connectivity index (χ3v) is 3.78. The molecule has 2 rings (SSSR count). The first-order chi connectivity index (χ1) is 10.8. The summed E-state index contributed by atoms with van der Waals surface area (Å²) in [6.45, 7) is -0.0780. The average molecular weight is 347 g/mol. The van der Waals surface area contributed by atoms with Gasteiger partial charge >= 0.3 is 12.2 Å². The predicted molar refractivity (Wildman–Crippen MR) is 77.2 cm³/mol. The SMILES string of the molecule is CN(Cc1nc(C(F)(F)F)cs1)C(=O)NCc1ccccc1F. The highest BCUT2D eigenvalue weighted by Gasteiger charge is 2.33. The van der Waals surface area contributed by atoms with Crippen molar-refractivity contribution < 1.29 is 22.4 Å². The first-order valence-corrected chi connectivity index (χ1v) is 7.39. The highest BCUT2D eigenvalue weighted by atomic mass is 32.1. The van der Waals surface area contributed by atoms with Crippen molar-refractivity contribution in [3.8, 4) is 0 Å². The number of rotatable bonds is 4. The molecule has 0 unspecified atom stereocenters. The summed E-state index contributed by atoms with van der Waals surface area (Å²) in [6.07, 6.45) is -4.50. The number of hydrogen-bond donors (Lipinski definition) is 1. The van der Waals surface area contributed by atoms with Gasteiger partial charge in [-0.3, -0.25) is 0 Å². The Labute approximate surface area is 133 Å². The van der Waals surface area contributed by atoms with E-state index in [9.17, 15) is 22.4 Å². The van der Waals surface area contributed by atoms with Gasteiger partial charge in [-0.1, -0.05) is 18.2 Å². The molecule has 0 aliphatic carbocycles. The van der Waals surface area contributed by atoms with Crippen LogP contribution in [0.3, 0.4) is 0 Å². The van der Waals surface area contributed by atoms with Crippen molar-refractivity contribution in [3.63, 3.8) is 0 Å². The average Bonchev–Trinajstić information content (AvgIpc) is 2.94. The lowest BCUT2D eigenvalue weighted by molar-refractivity contribution is -0.140. The van der Waals surface area contributed by atoms with Crippen LogP contribution < -0.4 is 5.32 Å². The highest BCUT2D eigenvalue weighted by Crippen LogP contribution is 2.30. The maximum Gasteiger partial charge on any atom is 0.434 e. The Balaban J connectivity index is 1.90. The van der Waals surface area contributed by atoms with Crippen LogP contribution in [0.5, 0.6) is 0 Å². The second-order valence-corrected chi connectivity index (χ2v) is 5.67. The van der Waals surface area contributed by atoms with Crippen molar-refractivity contribution in [2.45, 2.75) is 19.3 Å². The maximum atomic E-state index is 13.4. The molecule has 0 aliphatic heterocycles. The molecule has 1 aromatic heterocycles. The second kappa shape index (κ2) is 6.95. The van der Waals surface area contributed by atoms with E-state index < -0.39 is 23.7 Å². The Kier molecular flexibility index (Phi) is 5.19. The molecule has 0 spiro atoms. The van der Waals surface area contributed by atoms with E-state index in [2.05, 4.69) is 10.3 Å². The molecule has 0 bridgehead atoms. The zero-order chi connectivity index (χ0) is 17.0. The molecule has 1 heterocycles.